The van der Waals surface area contributed by atoms with Gasteiger partial charge in [0, 0.05) is 13.5 Å². The Hall–Kier alpha value is -2.35. The Labute approximate surface area is 120 Å². The van der Waals surface area contributed by atoms with E-state index in [1.165, 1.54) is 17.9 Å². The van der Waals surface area contributed by atoms with Gasteiger partial charge in [-0.05, 0) is 22.1 Å². The molecule has 0 aliphatic rings. The third-order valence-electron chi connectivity index (χ3n) is 3.02. The van der Waals surface area contributed by atoms with Gasteiger partial charge >= 0.3 is 5.97 Å². The quantitative estimate of drug-likeness (QED) is 0.815. The number of hydrogen-bond donors (Lipinski definition) is 1. The second-order valence-corrected chi connectivity index (χ2v) is 4.50. The summed E-state index contributed by atoms with van der Waals surface area (Å²) in [6.07, 6.45) is -0.482. The maximum Gasteiger partial charge on any atom is 0.306 e. The van der Waals surface area contributed by atoms with E-state index in [9.17, 15) is 9.18 Å². The van der Waals surface area contributed by atoms with Gasteiger partial charge in [-0.1, -0.05) is 18.2 Å². The fraction of sp³-hybridized carbons (Fsp3) is 0.385. The summed E-state index contributed by atoms with van der Waals surface area (Å²) in [6, 6.07) is 6.36. The van der Waals surface area contributed by atoms with E-state index < -0.39 is 12.1 Å². The number of aromatic nitrogens is 4. The van der Waals surface area contributed by atoms with Gasteiger partial charge in [0.25, 0.3) is 0 Å². The van der Waals surface area contributed by atoms with E-state index in [1.807, 2.05) is 0 Å². The summed E-state index contributed by atoms with van der Waals surface area (Å²) < 4.78 is 20.2. The normalized spacial score (nSPS) is 12.3. The molecule has 1 aromatic heterocycles. The SMILES string of the molecule is COC(CC(=O)O)Cn1nnnc1Cc1ccccc1F. The molecule has 0 radical (unpaired) electrons. The molecule has 2 rings (SSSR count). The van der Waals surface area contributed by atoms with Gasteiger partial charge in [0.2, 0.25) is 0 Å². The molecule has 0 amide bonds. The van der Waals surface area contributed by atoms with Gasteiger partial charge in [0.05, 0.1) is 19.1 Å². The highest BCUT2D eigenvalue weighted by molar-refractivity contribution is 5.67. The summed E-state index contributed by atoms with van der Waals surface area (Å²) in [4.78, 5) is 10.7. The van der Waals surface area contributed by atoms with Crippen molar-refractivity contribution in [2.75, 3.05) is 7.11 Å². The van der Waals surface area contributed by atoms with Crippen molar-refractivity contribution in [3.05, 3.63) is 41.5 Å². The Morgan fingerprint density at radius 1 is 1.48 bits per heavy atom. The van der Waals surface area contributed by atoms with Gasteiger partial charge in [-0.2, -0.15) is 0 Å². The first-order valence-electron chi connectivity index (χ1n) is 6.33. The first-order valence-corrected chi connectivity index (χ1v) is 6.33. The Morgan fingerprint density at radius 3 is 2.90 bits per heavy atom. The molecular weight excluding hydrogens is 279 g/mol. The molecule has 0 saturated heterocycles. The molecule has 21 heavy (non-hydrogen) atoms. The topological polar surface area (TPSA) is 90.1 Å². The van der Waals surface area contributed by atoms with E-state index in [4.69, 9.17) is 9.84 Å². The maximum absolute atomic E-state index is 13.6. The van der Waals surface area contributed by atoms with Crippen molar-refractivity contribution in [1.29, 1.82) is 0 Å². The summed E-state index contributed by atoms with van der Waals surface area (Å²) in [6.45, 7) is 0.194. The second-order valence-electron chi connectivity index (χ2n) is 4.50. The Bertz CT molecular complexity index is 617. The van der Waals surface area contributed by atoms with Crippen LogP contribution in [0.5, 0.6) is 0 Å². The largest absolute Gasteiger partial charge is 0.481 e. The molecule has 0 aliphatic heterocycles. The zero-order valence-corrected chi connectivity index (χ0v) is 11.4. The number of hydrogen-bond acceptors (Lipinski definition) is 5. The Morgan fingerprint density at radius 2 is 2.24 bits per heavy atom. The summed E-state index contributed by atoms with van der Waals surface area (Å²) in [7, 11) is 1.43. The highest BCUT2D eigenvalue weighted by atomic mass is 19.1. The number of nitrogens with zero attached hydrogens (tertiary/aromatic N) is 4. The number of aliphatic carboxylic acids is 1. The van der Waals surface area contributed by atoms with Gasteiger partial charge in [0.1, 0.15) is 5.82 Å². The number of rotatable bonds is 7. The minimum Gasteiger partial charge on any atom is -0.481 e. The fourth-order valence-electron chi connectivity index (χ4n) is 1.91. The molecule has 112 valence electrons. The lowest BCUT2D eigenvalue weighted by molar-refractivity contribution is -0.140. The average Bonchev–Trinajstić information content (AvgIpc) is 2.87. The molecule has 0 fully saturated rings. The summed E-state index contributed by atoms with van der Waals surface area (Å²) >= 11 is 0. The molecule has 1 atom stereocenters. The monoisotopic (exact) mass is 294 g/mol. The molecule has 1 unspecified atom stereocenters. The molecule has 8 heteroatoms. The zero-order valence-electron chi connectivity index (χ0n) is 11.4. The van der Waals surface area contributed by atoms with Gasteiger partial charge in [0.15, 0.2) is 5.82 Å². The number of methoxy groups -OCH3 is 1. The molecule has 0 spiro atoms. The van der Waals surface area contributed by atoms with E-state index >= 15 is 0 Å². The third-order valence-corrected chi connectivity index (χ3v) is 3.02. The van der Waals surface area contributed by atoms with E-state index in [1.54, 1.807) is 18.2 Å². The molecule has 0 aliphatic carbocycles. The number of carboxylic acids is 1. The zero-order chi connectivity index (χ0) is 15.2. The van der Waals surface area contributed by atoms with E-state index in [-0.39, 0.29) is 25.2 Å². The predicted octanol–water partition coefficient (Wildman–Crippen LogP) is 0.893. The Balaban J connectivity index is 2.11. The van der Waals surface area contributed by atoms with Gasteiger partial charge in [-0.25, -0.2) is 9.07 Å². The van der Waals surface area contributed by atoms with Crippen molar-refractivity contribution in [3.8, 4) is 0 Å². The number of carbonyl (C=O) groups is 1. The summed E-state index contributed by atoms with van der Waals surface area (Å²) in [5.41, 5.74) is 0.473. The third kappa shape index (κ3) is 4.06. The number of benzene rings is 1. The van der Waals surface area contributed by atoms with Crippen LogP contribution in [0.1, 0.15) is 17.8 Å². The number of tetrazole rings is 1. The van der Waals surface area contributed by atoms with Crippen LogP contribution in [0.25, 0.3) is 0 Å². The standard InChI is InChI=1S/C13H15FN4O3/c1-21-10(7-13(19)20)8-18-12(15-16-17-18)6-9-4-2-3-5-11(9)14/h2-5,10H,6-8H2,1H3,(H,19,20). The molecule has 2 aromatic rings. The highest BCUT2D eigenvalue weighted by Gasteiger charge is 2.17. The number of halogens is 1. The van der Waals surface area contributed by atoms with Gasteiger partial charge in [-0.15, -0.1) is 5.10 Å². The lowest BCUT2D eigenvalue weighted by Crippen LogP contribution is -2.24. The average molecular weight is 294 g/mol. The molecule has 7 nitrogen and oxygen atoms in total. The van der Waals surface area contributed by atoms with Crippen molar-refractivity contribution in [3.63, 3.8) is 0 Å². The molecule has 1 N–H and O–H groups in total. The Kier molecular flexibility index (Phi) is 4.94. The van der Waals surface area contributed by atoms with Crippen LogP contribution in [-0.2, 0) is 22.5 Å². The highest BCUT2D eigenvalue weighted by Crippen LogP contribution is 2.12. The molecule has 0 saturated carbocycles. The van der Waals surface area contributed by atoms with Crippen LogP contribution in [0.3, 0.4) is 0 Å². The fourth-order valence-corrected chi connectivity index (χ4v) is 1.91. The molecular formula is C13H15FN4O3. The lowest BCUT2D eigenvalue weighted by atomic mass is 10.1. The minimum atomic E-state index is -0.967. The van der Waals surface area contributed by atoms with Crippen molar-refractivity contribution in [2.24, 2.45) is 0 Å². The van der Waals surface area contributed by atoms with Crippen LogP contribution < -0.4 is 0 Å². The summed E-state index contributed by atoms with van der Waals surface area (Å²) in [5.74, 6) is -0.848. The van der Waals surface area contributed by atoms with Crippen LogP contribution in [0.2, 0.25) is 0 Å². The van der Waals surface area contributed by atoms with Crippen molar-refractivity contribution >= 4 is 5.97 Å². The first-order chi connectivity index (χ1) is 10.1. The second kappa shape index (κ2) is 6.89. The minimum absolute atomic E-state index is 0.157. The predicted molar refractivity (Wildman–Crippen MR) is 70.1 cm³/mol. The van der Waals surface area contributed by atoms with E-state index in [0.29, 0.717) is 11.4 Å². The molecule has 1 aromatic carbocycles. The molecule has 0 bridgehead atoms. The van der Waals surface area contributed by atoms with Crippen LogP contribution in [0.15, 0.2) is 24.3 Å². The number of ether oxygens (including phenoxy) is 1. The maximum atomic E-state index is 13.6. The van der Waals surface area contributed by atoms with Crippen molar-refractivity contribution < 1.29 is 19.0 Å². The number of carboxylic acid groups (broad SMARTS) is 1. The van der Waals surface area contributed by atoms with Crippen molar-refractivity contribution in [1.82, 2.24) is 20.2 Å². The van der Waals surface area contributed by atoms with E-state index in [0.717, 1.165) is 0 Å². The summed E-state index contributed by atoms with van der Waals surface area (Å²) in [5, 5.41) is 20.0. The van der Waals surface area contributed by atoms with Crippen LogP contribution in [0.4, 0.5) is 4.39 Å². The first kappa shape index (κ1) is 15.0. The van der Waals surface area contributed by atoms with Gasteiger partial charge < -0.3 is 9.84 Å². The lowest BCUT2D eigenvalue weighted by Gasteiger charge is -2.13. The van der Waals surface area contributed by atoms with E-state index in [2.05, 4.69) is 15.5 Å². The van der Waals surface area contributed by atoms with Crippen LogP contribution in [-0.4, -0.2) is 44.5 Å². The smallest absolute Gasteiger partial charge is 0.306 e. The van der Waals surface area contributed by atoms with Gasteiger partial charge in [-0.3, -0.25) is 4.79 Å². The van der Waals surface area contributed by atoms with Crippen molar-refractivity contribution in [2.45, 2.75) is 25.5 Å². The van der Waals surface area contributed by atoms with Crippen LogP contribution >= 0.6 is 0 Å². The van der Waals surface area contributed by atoms with Crippen LogP contribution in [0, 0.1) is 5.82 Å². The molecule has 1 heterocycles.